The first-order valence-corrected chi connectivity index (χ1v) is 6.15. The van der Waals surface area contributed by atoms with E-state index in [0.717, 1.165) is 24.8 Å². The number of imide groups is 1. The van der Waals surface area contributed by atoms with Crippen LogP contribution in [0.3, 0.4) is 0 Å². The molecule has 1 aromatic rings. The van der Waals surface area contributed by atoms with Crippen LogP contribution in [-0.4, -0.2) is 11.8 Å². The second-order valence-electron chi connectivity index (χ2n) is 4.52. The minimum atomic E-state index is -0.260. The SMILES string of the molecule is CCCCC1Cc2ccccc2C(=O)NC1=O. The van der Waals surface area contributed by atoms with Gasteiger partial charge in [0.1, 0.15) is 0 Å². The molecule has 90 valence electrons. The van der Waals surface area contributed by atoms with E-state index in [9.17, 15) is 9.59 Å². The van der Waals surface area contributed by atoms with Crippen molar-refractivity contribution in [1.29, 1.82) is 0 Å². The largest absolute Gasteiger partial charge is 0.292 e. The normalized spacial score (nSPS) is 19.5. The fourth-order valence-electron chi connectivity index (χ4n) is 2.24. The van der Waals surface area contributed by atoms with Crippen LogP contribution in [0.4, 0.5) is 0 Å². The molecule has 1 heterocycles. The van der Waals surface area contributed by atoms with Crippen molar-refractivity contribution in [1.82, 2.24) is 5.32 Å². The van der Waals surface area contributed by atoms with E-state index in [-0.39, 0.29) is 17.7 Å². The maximum atomic E-state index is 11.9. The van der Waals surface area contributed by atoms with Crippen LogP contribution in [-0.2, 0) is 11.2 Å². The van der Waals surface area contributed by atoms with Crippen molar-refractivity contribution in [2.45, 2.75) is 32.6 Å². The molecule has 3 heteroatoms. The molecule has 1 aliphatic rings. The highest BCUT2D eigenvalue weighted by Crippen LogP contribution is 2.21. The molecular formula is C14H17NO2. The zero-order valence-electron chi connectivity index (χ0n) is 10.0. The number of nitrogens with one attached hydrogen (secondary N) is 1. The molecule has 0 bridgehead atoms. The molecule has 1 atom stereocenters. The molecule has 0 spiro atoms. The van der Waals surface area contributed by atoms with Crippen LogP contribution in [0.2, 0.25) is 0 Å². The Morgan fingerprint density at radius 1 is 1.29 bits per heavy atom. The average molecular weight is 231 g/mol. The summed E-state index contributed by atoms with van der Waals surface area (Å²) in [4.78, 5) is 23.7. The van der Waals surface area contributed by atoms with Gasteiger partial charge in [0.25, 0.3) is 5.91 Å². The van der Waals surface area contributed by atoms with E-state index in [2.05, 4.69) is 12.2 Å². The van der Waals surface area contributed by atoms with Crippen molar-refractivity contribution >= 4 is 11.8 Å². The van der Waals surface area contributed by atoms with Crippen LogP contribution in [0.15, 0.2) is 24.3 Å². The lowest BCUT2D eigenvalue weighted by molar-refractivity contribution is -0.124. The molecule has 1 unspecified atom stereocenters. The summed E-state index contributed by atoms with van der Waals surface area (Å²) in [6, 6.07) is 7.46. The molecule has 1 N–H and O–H groups in total. The van der Waals surface area contributed by atoms with E-state index in [0.29, 0.717) is 12.0 Å². The molecular weight excluding hydrogens is 214 g/mol. The lowest BCUT2D eigenvalue weighted by Crippen LogP contribution is -2.33. The summed E-state index contributed by atoms with van der Waals surface area (Å²) in [6.07, 6.45) is 3.62. The van der Waals surface area contributed by atoms with E-state index in [1.54, 1.807) is 6.07 Å². The number of carbonyl (C=O) groups excluding carboxylic acids is 2. The highest BCUT2D eigenvalue weighted by Gasteiger charge is 2.27. The van der Waals surface area contributed by atoms with Crippen molar-refractivity contribution in [2.75, 3.05) is 0 Å². The monoisotopic (exact) mass is 231 g/mol. The quantitative estimate of drug-likeness (QED) is 0.811. The minimum absolute atomic E-state index is 0.0671. The third-order valence-corrected chi connectivity index (χ3v) is 3.24. The van der Waals surface area contributed by atoms with Crippen molar-refractivity contribution in [3.63, 3.8) is 0 Å². The highest BCUT2D eigenvalue weighted by atomic mass is 16.2. The van der Waals surface area contributed by atoms with E-state index < -0.39 is 0 Å². The van der Waals surface area contributed by atoms with Crippen molar-refractivity contribution in [3.8, 4) is 0 Å². The average Bonchev–Trinajstić information content (AvgIpc) is 2.45. The molecule has 2 rings (SSSR count). The molecule has 1 aliphatic heterocycles. The number of amides is 2. The number of hydrogen-bond acceptors (Lipinski definition) is 2. The summed E-state index contributed by atoms with van der Waals surface area (Å²) in [5, 5.41) is 2.48. The third kappa shape index (κ3) is 2.54. The lowest BCUT2D eigenvalue weighted by atomic mass is 9.93. The van der Waals surface area contributed by atoms with Crippen molar-refractivity contribution < 1.29 is 9.59 Å². The van der Waals surface area contributed by atoms with Crippen LogP contribution >= 0.6 is 0 Å². The van der Waals surface area contributed by atoms with Crippen molar-refractivity contribution in [3.05, 3.63) is 35.4 Å². The molecule has 2 amide bonds. The number of fused-ring (bicyclic) bond motifs is 1. The first kappa shape index (κ1) is 11.8. The highest BCUT2D eigenvalue weighted by molar-refractivity contribution is 6.07. The van der Waals surface area contributed by atoms with Gasteiger partial charge in [-0.2, -0.15) is 0 Å². The maximum absolute atomic E-state index is 11.9. The van der Waals surface area contributed by atoms with Gasteiger partial charge in [-0.1, -0.05) is 38.0 Å². The Morgan fingerprint density at radius 2 is 2.06 bits per heavy atom. The zero-order valence-corrected chi connectivity index (χ0v) is 10.0. The molecule has 17 heavy (non-hydrogen) atoms. The second kappa shape index (κ2) is 5.13. The first-order chi connectivity index (χ1) is 8.22. The van der Waals surface area contributed by atoms with Crippen LogP contribution in [0.5, 0.6) is 0 Å². The van der Waals surface area contributed by atoms with E-state index in [4.69, 9.17) is 0 Å². The molecule has 3 nitrogen and oxygen atoms in total. The van der Waals surface area contributed by atoms with Crippen LogP contribution in [0.25, 0.3) is 0 Å². The molecule has 0 aromatic heterocycles. The smallest absolute Gasteiger partial charge is 0.258 e. The number of benzene rings is 1. The molecule has 0 fully saturated rings. The molecule has 1 aromatic carbocycles. The molecule has 0 saturated heterocycles. The van der Waals surface area contributed by atoms with Gasteiger partial charge in [-0.05, 0) is 24.5 Å². The van der Waals surface area contributed by atoms with Crippen LogP contribution < -0.4 is 5.32 Å². The molecule has 0 aliphatic carbocycles. The van der Waals surface area contributed by atoms with Gasteiger partial charge in [0.05, 0.1) is 0 Å². The third-order valence-electron chi connectivity index (χ3n) is 3.24. The predicted octanol–water partition coefficient (Wildman–Crippen LogP) is 2.31. The van der Waals surface area contributed by atoms with E-state index in [1.165, 1.54) is 0 Å². The van der Waals surface area contributed by atoms with Gasteiger partial charge in [-0.3, -0.25) is 14.9 Å². The summed E-state index contributed by atoms with van der Waals surface area (Å²) < 4.78 is 0. The van der Waals surface area contributed by atoms with Gasteiger partial charge >= 0.3 is 0 Å². The topological polar surface area (TPSA) is 46.2 Å². The second-order valence-corrected chi connectivity index (χ2v) is 4.52. The van der Waals surface area contributed by atoms with E-state index >= 15 is 0 Å². The fourth-order valence-corrected chi connectivity index (χ4v) is 2.24. The summed E-state index contributed by atoms with van der Waals surface area (Å²) in [5.74, 6) is -0.452. The Hall–Kier alpha value is -1.64. The number of unbranched alkanes of at least 4 members (excludes halogenated alkanes) is 1. The summed E-state index contributed by atoms with van der Waals surface area (Å²) in [6.45, 7) is 2.10. The van der Waals surface area contributed by atoms with Gasteiger partial charge in [0.2, 0.25) is 5.91 Å². The van der Waals surface area contributed by atoms with E-state index in [1.807, 2.05) is 18.2 Å². The Balaban J connectivity index is 2.25. The summed E-state index contributed by atoms with van der Waals surface area (Å²) in [7, 11) is 0. The predicted molar refractivity (Wildman–Crippen MR) is 65.6 cm³/mol. The van der Waals surface area contributed by atoms with Gasteiger partial charge in [-0.25, -0.2) is 0 Å². The zero-order chi connectivity index (χ0) is 12.3. The number of rotatable bonds is 3. The fraction of sp³-hybridized carbons (Fsp3) is 0.429. The lowest BCUT2D eigenvalue weighted by Gasteiger charge is -2.11. The first-order valence-electron chi connectivity index (χ1n) is 6.15. The standard InChI is InChI=1S/C14H17NO2/c1-2-3-6-11-9-10-7-4-5-8-12(10)14(17)15-13(11)16/h4-5,7-8,11H,2-3,6,9H2,1H3,(H,15,16,17). The number of hydrogen-bond donors (Lipinski definition) is 1. The molecule has 0 radical (unpaired) electrons. The van der Waals surface area contributed by atoms with Crippen LogP contribution in [0.1, 0.15) is 42.1 Å². The van der Waals surface area contributed by atoms with Gasteiger partial charge in [0.15, 0.2) is 0 Å². The van der Waals surface area contributed by atoms with Crippen molar-refractivity contribution in [2.24, 2.45) is 5.92 Å². The molecule has 0 saturated carbocycles. The van der Waals surface area contributed by atoms with Gasteiger partial charge in [-0.15, -0.1) is 0 Å². The Morgan fingerprint density at radius 3 is 2.82 bits per heavy atom. The Labute approximate surface area is 101 Å². The summed E-state index contributed by atoms with van der Waals surface area (Å²) in [5.41, 5.74) is 1.62. The van der Waals surface area contributed by atoms with Gasteiger partial charge < -0.3 is 0 Å². The maximum Gasteiger partial charge on any atom is 0.258 e. The number of carbonyl (C=O) groups is 2. The summed E-state index contributed by atoms with van der Waals surface area (Å²) >= 11 is 0. The Bertz CT molecular complexity index is 440. The van der Waals surface area contributed by atoms with Crippen LogP contribution in [0, 0.1) is 5.92 Å². The van der Waals surface area contributed by atoms with Gasteiger partial charge in [0, 0.05) is 11.5 Å². The minimum Gasteiger partial charge on any atom is -0.292 e. The Kier molecular flexibility index (Phi) is 3.57.